The first-order chi connectivity index (χ1) is 6.18. The number of ether oxygens (including phenoxy) is 1. The Bertz CT molecular complexity index is 343. The molecule has 0 saturated carbocycles. The van der Waals surface area contributed by atoms with Crippen molar-refractivity contribution in [3.05, 3.63) is 15.1 Å². The maximum absolute atomic E-state index is 5.51. The summed E-state index contributed by atoms with van der Waals surface area (Å²) in [5, 5.41) is 0. The molecule has 2 rings (SSSR count). The summed E-state index contributed by atoms with van der Waals surface area (Å²) >= 11 is 6.78. The molecule has 3 nitrogen and oxygen atoms in total. The van der Waals surface area contributed by atoms with Crippen molar-refractivity contribution in [1.29, 1.82) is 0 Å². The van der Waals surface area contributed by atoms with E-state index < -0.39 is 0 Å². The molecule has 0 unspecified atom stereocenters. The van der Waals surface area contributed by atoms with Gasteiger partial charge in [-0.1, -0.05) is 0 Å². The highest BCUT2D eigenvalue weighted by Gasteiger charge is 2.19. The second kappa shape index (κ2) is 3.46. The van der Waals surface area contributed by atoms with Gasteiger partial charge in [0.15, 0.2) is 11.6 Å². The van der Waals surface area contributed by atoms with Gasteiger partial charge in [0.05, 0.1) is 11.0 Å². The lowest BCUT2D eigenvalue weighted by Gasteiger charge is -2.27. The summed E-state index contributed by atoms with van der Waals surface area (Å²) in [4.78, 5) is 6.42. The number of fused-ring (bicyclic) bond motifs is 1. The van der Waals surface area contributed by atoms with Crippen molar-refractivity contribution in [2.75, 3.05) is 25.1 Å². The van der Waals surface area contributed by atoms with Gasteiger partial charge in [-0.3, -0.25) is 0 Å². The van der Waals surface area contributed by atoms with Crippen molar-refractivity contribution in [1.82, 2.24) is 4.98 Å². The minimum atomic E-state index is 0.714. The molecule has 5 heteroatoms. The van der Waals surface area contributed by atoms with Crippen molar-refractivity contribution >= 4 is 37.7 Å². The fraction of sp³-hybridized carbons (Fsp3) is 0.375. The van der Waals surface area contributed by atoms with Crippen LogP contribution in [-0.2, 0) is 0 Å². The monoisotopic (exact) mass is 306 g/mol. The Morgan fingerprint density at radius 1 is 1.54 bits per heavy atom. The van der Waals surface area contributed by atoms with E-state index in [0.29, 0.717) is 6.61 Å². The topological polar surface area (TPSA) is 25.4 Å². The van der Waals surface area contributed by atoms with E-state index in [9.17, 15) is 0 Å². The lowest BCUT2D eigenvalue weighted by Crippen LogP contribution is -2.29. The lowest BCUT2D eigenvalue weighted by molar-refractivity contribution is 0.307. The number of aromatic nitrogens is 1. The molecule has 2 heterocycles. The SMILES string of the molecule is CN1CCOc2c(Br)cc(Br)nc21. The summed E-state index contributed by atoms with van der Waals surface area (Å²) in [6.45, 7) is 1.59. The number of pyridine rings is 1. The van der Waals surface area contributed by atoms with E-state index >= 15 is 0 Å². The normalized spacial score (nSPS) is 15.2. The molecule has 0 atom stereocenters. The molecule has 0 saturated heterocycles. The average molecular weight is 308 g/mol. The van der Waals surface area contributed by atoms with E-state index in [2.05, 4.69) is 41.7 Å². The highest BCUT2D eigenvalue weighted by molar-refractivity contribution is 9.11. The molecule has 1 aromatic heterocycles. The van der Waals surface area contributed by atoms with Gasteiger partial charge < -0.3 is 9.64 Å². The van der Waals surface area contributed by atoms with Crippen molar-refractivity contribution in [2.24, 2.45) is 0 Å². The van der Waals surface area contributed by atoms with Gasteiger partial charge in [-0.25, -0.2) is 4.98 Å². The van der Waals surface area contributed by atoms with Crippen molar-refractivity contribution in [2.45, 2.75) is 0 Å². The van der Waals surface area contributed by atoms with Crippen molar-refractivity contribution in [3.63, 3.8) is 0 Å². The predicted octanol–water partition coefficient (Wildman–Crippen LogP) is 2.44. The Morgan fingerprint density at radius 2 is 2.31 bits per heavy atom. The third-order valence-corrected chi connectivity index (χ3v) is 2.91. The first kappa shape index (κ1) is 9.27. The third kappa shape index (κ3) is 1.67. The average Bonchev–Trinajstić information content (AvgIpc) is 2.07. The van der Waals surface area contributed by atoms with E-state index in [-0.39, 0.29) is 0 Å². The van der Waals surface area contributed by atoms with E-state index in [0.717, 1.165) is 27.2 Å². The quantitative estimate of drug-likeness (QED) is 0.688. The Hall–Kier alpha value is -0.290. The first-order valence-corrected chi connectivity index (χ1v) is 5.47. The molecule has 0 spiro atoms. The van der Waals surface area contributed by atoms with Crippen molar-refractivity contribution < 1.29 is 4.74 Å². The van der Waals surface area contributed by atoms with Crippen LogP contribution in [0.4, 0.5) is 5.82 Å². The zero-order valence-corrected chi connectivity index (χ0v) is 10.2. The number of rotatable bonds is 0. The standard InChI is InChI=1S/C8H8Br2N2O/c1-12-2-3-13-7-5(9)4-6(10)11-8(7)12/h4H,2-3H2,1H3. The van der Waals surface area contributed by atoms with Crippen LogP contribution in [0.2, 0.25) is 0 Å². The molecular formula is C8H8Br2N2O. The molecular weight excluding hydrogens is 300 g/mol. The minimum Gasteiger partial charge on any atom is -0.487 e. The zero-order valence-electron chi connectivity index (χ0n) is 7.05. The molecule has 0 aromatic carbocycles. The van der Waals surface area contributed by atoms with Crippen LogP contribution >= 0.6 is 31.9 Å². The highest BCUT2D eigenvalue weighted by Crippen LogP contribution is 2.37. The number of hydrogen-bond donors (Lipinski definition) is 0. The maximum atomic E-state index is 5.51. The molecule has 0 amide bonds. The number of nitrogens with zero attached hydrogens (tertiary/aromatic N) is 2. The summed E-state index contributed by atoms with van der Waals surface area (Å²) in [5.41, 5.74) is 0. The molecule has 0 bridgehead atoms. The number of halogens is 2. The van der Waals surface area contributed by atoms with E-state index in [4.69, 9.17) is 4.74 Å². The van der Waals surface area contributed by atoms with Crippen LogP contribution in [0.5, 0.6) is 5.75 Å². The second-order valence-electron chi connectivity index (χ2n) is 2.85. The van der Waals surface area contributed by atoms with Crippen LogP contribution in [0.3, 0.4) is 0 Å². The van der Waals surface area contributed by atoms with Gasteiger partial charge >= 0.3 is 0 Å². The molecule has 1 aliphatic rings. The fourth-order valence-corrected chi connectivity index (χ4v) is 2.46. The molecule has 0 radical (unpaired) electrons. The Kier molecular flexibility index (Phi) is 2.47. The molecule has 1 aliphatic heterocycles. The smallest absolute Gasteiger partial charge is 0.176 e. The van der Waals surface area contributed by atoms with Gasteiger partial charge in [-0.15, -0.1) is 0 Å². The molecule has 0 aliphatic carbocycles. The fourth-order valence-electron chi connectivity index (χ4n) is 1.24. The summed E-state index contributed by atoms with van der Waals surface area (Å²) in [5.74, 6) is 1.71. The van der Waals surface area contributed by atoms with Crippen LogP contribution in [-0.4, -0.2) is 25.2 Å². The number of hydrogen-bond acceptors (Lipinski definition) is 3. The van der Waals surface area contributed by atoms with E-state index in [1.807, 2.05) is 13.1 Å². The molecule has 0 fully saturated rings. The summed E-state index contributed by atoms with van der Waals surface area (Å²) in [6, 6.07) is 1.89. The van der Waals surface area contributed by atoms with Crippen molar-refractivity contribution in [3.8, 4) is 5.75 Å². The highest BCUT2D eigenvalue weighted by atomic mass is 79.9. The Balaban J connectivity index is 2.56. The maximum Gasteiger partial charge on any atom is 0.176 e. The largest absolute Gasteiger partial charge is 0.487 e. The van der Waals surface area contributed by atoms with Crippen LogP contribution in [0.1, 0.15) is 0 Å². The van der Waals surface area contributed by atoms with Gasteiger partial charge in [0.1, 0.15) is 11.2 Å². The van der Waals surface area contributed by atoms with Gasteiger partial charge in [-0.2, -0.15) is 0 Å². The number of anilines is 1. The van der Waals surface area contributed by atoms with Crippen LogP contribution in [0, 0.1) is 0 Å². The minimum absolute atomic E-state index is 0.714. The Morgan fingerprint density at radius 3 is 3.08 bits per heavy atom. The third-order valence-electron chi connectivity index (χ3n) is 1.91. The first-order valence-electron chi connectivity index (χ1n) is 3.88. The second-order valence-corrected chi connectivity index (χ2v) is 4.52. The van der Waals surface area contributed by atoms with Gasteiger partial charge in [0.2, 0.25) is 0 Å². The number of likely N-dealkylation sites (N-methyl/N-ethyl adjacent to an activating group) is 1. The summed E-state index contributed by atoms with van der Waals surface area (Å²) < 4.78 is 7.26. The van der Waals surface area contributed by atoms with E-state index in [1.165, 1.54) is 0 Å². The van der Waals surface area contributed by atoms with Gasteiger partial charge in [0.25, 0.3) is 0 Å². The molecule has 13 heavy (non-hydrogen) atoms. The van der Waals surface area contributed by atoms with Crippen LogP contribution < -0.4 is 9.64 Å². The Labute approximate surface area is 93.3 Å². The molecule has 1 aromatic rings. The lowest BCUT2D eigenvalue weighted by atomic mass is 10.3. The van der Waals surface area contributed by atoms with Crippen LogP contribution in [0.25, 0.3) is 0 Å². The van der Waals surface area contributed by atoms with E-state index in [1.54, 1.807) is 0 Å². The molecule has 0 N–H and O–H groups in total. The molecule has 70 valence electrons. The zero-order chi connectivity index (χ0) is 9.42. The summed E-state index contributed by atoms with van der Waals surface area (Å²) in [6.07, 6.45) is 0. The predicted molar refractivity (Wildman–Crippen MR) is 58.4 cm³/mol. The van der Waals surface area contributed by atoms with Crippen LogP contribution in [0.15, 0.2) is 15.1 Å². The van der Waals surface area contributed by atoms with Gasteiger partial charge in [0, 0.05) is 7.05 Å². The summed E-state index contributed by atoms with van der Waals surface area (Å²) in [7, 11) is 2.01. The van der Waals surface area contributed by atoms with Gasteiger partial charge in [-0.05, 0) is 37.9 Å².